The van der Waals surface area contributed by atoms with Gasteiger partial charge >= 0.3 is 0 Å². The van der Waals surface area contributed by atoms with E-state index in [4.69, 9.17) is 15.2 Å². The summed E-state index contributed by atoms with van der Waals surface area (Å²) in [4.78, 5) is 0. The quantitative estimate of drug-likeness (QED) is 0.882. The van der Waals surface area contributed by atoms with Crippen LogP contribution in [0.2, 0.25) is 0 Å². The molecule has 3 atom stereocenters. The molecule has 0 heterocycles. The molecule has 1 fully saturated rings. The molecule has 1 aliphatic rings. The number of benzene rings is 1. The van der Waals surface area contributed by atoms with Gasteiger partial charge in [0.15, 0.2) is 0 Å². The first-order chi connectivity index (χ1) is 9.65. The molecule has 1 aromatic carbocycles. The van der Waals surface area contributed by atoms with Gasteiger partial charge in [0.05, 0.1) is 18.8 Å². The molecule has 112 valence electrons. The first-order valence-electron chi connectivity index (χ1n) is 7.74. The molecule has 0 aromatic heterocycles. The lowest BCUT2D eigenvalue weighted by Gasteiger charge is -2.30. The van der Waals surface area contributed by atoms with Crippen LogP contribution >= 0.6 is 0 Å². The zero-order valence-electron chi connectivity index (χ0n) is 12.9. The van der Waals surface area contributed by atoms with Crippen LogP contribution in [-0.2, 0) is 0 Å². The van der Waals surface area contributed by atoms with Crippen LogP contribution in [0.15, 0.2) is 18.2 Å². The minimum atomic E-state index is -0.0910. The van der Waals surface area contributed by atoms with Gasteiger partial charge in [0.2, 0.25) is 0 Å². The minimum absolute atomic E-state index is 0.0910. The highest BCUT2D eigenvalue weighted by Gasteiger charge is 2.24. The molecular formula is C17H27NO2. The summed E-state index contributed by atoms with van der Waals surface area (Å²) in [6.45, 7) is 4.24. The number of nitrogens with two attached hydrogens (primary N) is 1. The third-order valence-corrected chi connectivity index (χ3v) is 4.31. The predicted molar refractivity (Wildman–Crippen MR) is 82.3 cm³/mol. The number of hydrogen-bond acceptors (Lipinski definition) is 3. The van der Waals surface area contributed by atoms with E-state index in [1.165, 1.54) is 19.3 Å². The van der Waals surface area contributed by atoms with Crippen molar-refractivity contribution in [3.8, 4) is 11.5 Å². The van der Waals surface area contributed by atoms with E-state index >= 15 is 0 Å². The SMILES string of the molecule is CCC1CCCC(Oc2cccc(OC)c2C(C)N)C1. The van der Waals surface area contributed by atoms with E-state index in [-0.39, 0.29) is 6.04 Å². The maximum absolute atomic E-state index is 6.26. The molecule has 0 radical (unpaired) electrons. The van der Waals surface area contributed by atoms with Crippen LogP contribution in [0, 0.1) is 5.92 Å². The van der Waals surface area contributed by atoms with Crippen molar-refractivity contribution >= 4 is 0 Å². The number of ether oxygens (including phenoxy) is 2. The van der Waals surface area contributed by atoms with Crippen LogP contribution in [0.3, 0.4) is 0 Å². The first kappa shape index (κ1) is 15.2. The monoisotopic (exact) mass is 277 g/mol. The van der Waals surface area contributed by atoms with Crippen LogP contribution in [0.25, 0.3) is 0 Å². The van der Waals surface area contributed by atoms with Crippen molar-refractivity contribution < 1.29 is 9.47 Å². The maximum Gasteiger partial charge on any atom is 0.128 e. The third kappa shape index (κ3) is 3.45. The van der Waals surface area contributed by atoms with Gasteiger partial charge in [-0.1, -0.05) is 25.8 Å². The Morgan fingerprint density at radius 3 is 2.70 bits per heavy atom. The fourth-order valence-electron chi connectivity index (χ4n) is 3.15. The molecular weight excluding hydrogens is 250 g/mol. The molecule has 0 spiro atoms. The van der Waals surface area contributed by atoms with E-state index in [1.54, 1.807) is 7.11 Å². The summed E-state index contributed by atoms with van der Waals surface area (Å²) >= 11 is 0. The largest absolute Gasteiger partial charge is 0.496 e. The van der Waals surface area contributed by atoms with Crippen LogP contribution in [0.1, 0.15) is 57.6 Å². The van der Waals surface area contributed by atoms with Gasteiger partial charge in [-0.05, 0) is 44.2 Å². The Balaban J connectivity index is 2.16. The molecule has 3 nitrogen and oxygen atoms in total. The third-order valence-electron chi connectivity index (χ3n) is 4.31. The topological polar surface area (TPSA) is 44.5 Å². The Morgan fingerprint density at radius 1 is 1.30 bits per heavy atom. The van der Waals surface area contributed by atoms with Crippen molar-refractivity contribution in [2.45, 2.75) is 58.1 Å². The van der Waals surface area contributed by atoms with E-state index < -0.39 is 0 Å². The second-order valence-corrected chi connectivity index (χ2v) is 5.84. The Bertz CT molecular complexity index is 431. The molecule has 2 N–H and O–H groups in total. The lowest BCUT2D eigenvalue weighted by molar-refractivity contribution is 0.120. The molecule has 1 saturated carbocycles. The molecule has 1 aromatic rings. The molecule has 0 saturated heterocycles. The lowest BCUT2D eigenvalue weighted by Crippen LogP contribution is -2.26. The smallest absolute Gasteiger partial charge is 0.128 e. The van der Waals surface area contributed by atoms with Crippen molar-refractivity contribution in [2.24, 2.45) is 11.7 Å². The average Bonchev–Trinajstić information content (AvgIpc) is 2.46. The van der Waals surface area contributed by atoms with E-state index in [0.717, 1.165) is 35.8 Å². The van der Waals surface area contributed by atoms with E-state index in [0.29, 0.717) is 6.10 Å². The van der Waals surface area contributed by atoms with Crippen LogP contribution < -0.4 is 15.2 Å². The number of rotatable bonds is 5. The standard InChI is InChI=1S/C17H27NO2/c1-4-13-7-5-8-14(11-13)20-16-10-6-9-15(19-3)17(16)12(2)18/h6,9-10,12-14H,4-5,7-8,11,18H2,1-3H3. The predicted octanol–water partition coefficient (Wildman–Crippen LogP) is 4.06. The van der Waals surface area contributed by atoms with E-state index in [2.05, 4.69) is 6.92 Å². The highest BCUT2D eigenvalue weighted by molar-refractivity contribution is 5.46. The molecule has 2 rings (SSSR count). The summed E-state index contributed by atoms with van der Waals surface area (Å²) < 4.78 is 11.7. The number of hydrogen-bond donors (Lipinski definition) is 1. The summed E-state index contributed by atoms with van der Waals surface area (Å²) in [7, 11) is 1.68. The lowest BCUT2D eigenvalue weighted by atomic mass is 9.85. The average molecular weight is 277 g/mol. The molecule has 1 aliphatic carbocycles. The highest BCUT2D eigenvalue weighted by atomic mass is 16.5. The van der Waals surface area contributed by atoms with E-state index in [1.807, 2.05) is 25.1 Å². The van der Waals surface area contributed by atoms with Crippen molar-refractivity contribution in [3.05, 3.63) is 23.8 Å². The molecule has 0 aliphatic heterocycles. The fraction of sp³-hybridized carbons (Fsp3) is 0.647. The van der Waals surface area contributed by atoms with Gasteiger partial charge in [-0.3, -0.25) is 0 Å². The van der Waals surface area contributed by atoms with Crippen molar-refractivity contribution in [1.82, 2.24) is 0 Å². The van der Waals surface area contributed by atoms with Crippen molar-refractivity contribution in [3.63, 3.8) is 0 Å². The Labute approximate surface area is 122 Å². The summed E-state index contributed by atoms with van der Waals surface area (Å²) in [5.74, 6) is 2.51. The Kier molecular flexibility index (Phi) is 5.30. The summed E-state index contributed by atoms with van der Waals surface area (Å²) in [5.41, 5.74) is 7.07. The summed E-state index contributed by atoms with van der Waals surface area (Å²) in [5, 5.41) is 0. The molecule has 3 heteroatoms. The van der Waals surface area contributed by atoms with Crippen LogP contribution in [0.4, 0.5) is 0 Å². The molecule has 0 amide bonds. The van der Waals surface area contributed by atoms with Gasteiger partial charge in [-0.15, -0.1) is 0 Å². The maximum atomic E-state index is 6.26. The summed E-state index contributed by atoms with van der Waals surface area (Å²) in [6, 6.07) is 5.84. The second kappa shape index (κ2) is 6.98. The van der Waals surface area contributed by atoms with Crippen LogP contribution in [-0.4, -0.2) is 13.2 Å². The summed E-state index contributed by atoms with van der Waals surface area (Å²) in [6.07, 6.45) is 6.48. The van der Waals surface area contributed by atoms with Gasteiger partial charge in [0.1, 0.15) is 11.5 Å². The Morgan fingerprint density at radius 2 is 2.05 bits per heavy atom. The first-order valence-corrected chi connectivity index (χ1v) is 7.74. The minimum Gasteiger partial charge on any atom is -0.496 e. The van der Waals surface area contributed by atoms with Crippen molar-refractivity contribution in [2.75, 3.05) is 7.11 Å². The van der Waals surface area contributed by atoms with Gasteiger partial charge < -0.3 is 15.2 Å². The molecule has 3 unspecified atom stereocenters. The normalized spacial score (nSPS) is 24.2. The van der Waals surface area contributed by atoms with Gasteiger partial charge in [0.25, 0.3) is 0 Å². The Hall–Kier alpha value is -1.22. The molecule has 0 bridgehead atoms. The fourth-order valence-corrected chi connectivity index (χ4v) is 3.15. The highest BCUT2D eigenvalue weighted by Crippen LogP contribution is 2.36. The van der Waals surface area contributed by atoms with E-state index in [9.17, 15) is 0 Å². The second-order valence-electron chi connectivity index (χ2n) is 5.84. The van der Waals surface area contributed by atoms with Gasteiger partial charge in [0, 0.05) is 6.04 Å². The zero-order valence-corrected chi connectivity index (χ0v) is 12.9. The van der Waals surface area contributed by atoms with Gasteiger partial charge in [-0.25, -0.2) is 0 Å². The van der Waals surface area contributed by atoms with Gasteiger partial charge in [-0.2, -0.15) is 0 Å². The zero-order chi connectivity index (χ0) is 14.5. The molecule has 20 heavy (non-hydrogen) atoms. The van der Waals surface area contributed by atoms with Crippen molar-refractivity contribution in [1.29, 1.82) is 0 Å². The number of methoxy groups -OCH3 is 1. The van der Waals surface area contributed by atoms with Crippen LogP contribution in [0.5, 0.6) is 11.5 Å².